The van der Waals surface area contributed by atoms with Gasteiger partial charge in [0.25, 0.3) is 0 Å². The average Bonchev–Trinajstić information content (AvgIpc) is 2.53. The van der Waals surface area contributed by atoms with Crippen molar-refractivity contribution >= 4 is 16.9 Å². The average molecular weight is 286 g/mol. The molecule has 2 aromatic rings. The molecule has 1 fully saturated rings. The number of aromatic carboxylic acids is 1. The lowest BCUT2D eigenvalue weighted by Gasteiger charge is -2.22. The monoisotopic (exact) mass is 286 g/mol. The summed E-state index contributed by atoms with van der Waals surface area (Å²) >= 11 is 0. The largest absolute Gasteiger partial charge is 0.490 e. The molecule has 1 heterocycles. The number of hydrogen-bond acceptors (Lipinski definition) is 4. The van der Waals surface area contributed by atoms with E-state index in [4.69, 9.17) is 4.74 Å². The highest BCUT2D eigenvalue weighted by Crippen LogP contribution is 2.29. The van der Waals surface area contributed by atoms with Crippen LogP contribution in [-0.4, -0.2) is 27.9 Å². The Morgan fingerprint density at radius 2 is 1.95 bits per heavy atom. The van der Waals surface area contributed by atoms with Crippen molar-refractivity contribution in [1.82, 2.24) is 10.2 Å². The molecule has 1 aromatic heterocycles. The molecule has 1 N–H and O–H groups in total. The van der Waals surface area contributed by atoms with E-state index in [9.17, 15) is 9.90 Å². The second-order valence-electron chi connectivity index (χ2n) is 5.52. The van der Waals surface area contributed by atoms with Crippen molar-refractivity contribution in [1.29, 1.82) is 0 Å². The topological polar surface area (TPSA) is 72.3 Å². The van der Waals surface area contributed by atoms with Crippen LogP contribution >= 0.6 is 0 Å². The second-order valence-corrected chi connectivity index (χ2v) is 5.52. The molecule has 5 heteroatoms. The maximum absolute atomic E-state index is 11.3. The quantitative estimate of drug-likeness (QED) is 0.933. The summed E-state index contributed by atoms with van der Waals surface area (Å²) in [5, 5.41) is 17.7. The van der Waals surface area contributed by atoms with Crippen molar-refractivity contribution in [3.8, 4) is 5.75 Å². The molecule has 0 atom stereocenters. The van der Waals surface area contributed by atoms with E-state index < -0.39 is 5.97 Å². The maximum atomic E-state index is 11.3. The molecule has 5 nitrogen and oxygen atoms in total. The van der Waals surface area contributed by atoms with Crippen LogP contribution in [0.25, 0.3) is 10.9 Å². The third kappa shape index (κ3) is 2.96. The summed E-state index contributed by atoms with van der Waals surface area (Å²) in [7, 11) is 0. The first-order valence-electron chi connectivity index (χ1n) is 7.37. The molecule has 1 aliphatic carbocycles. The maximum Gasteiger partial charge on any atom is 0.360 e. The van der Waals surface area contributed by atoms with E-state index in [0.29, 0.717) is 29.2 Å². The zero-order chi connectivity index (χ0) is 14.7. The van der Waals surface area contributed by atoms with Crippen LogP contribution in [0.4, 0.5) is 0 Å². The smallest absolute Gasteiger partial charge is 0.360 e. The molecule has 0 radical (unpaired) electrons. The number of carbonyl (C=O) groups is 1. The van der Waals surface area contributed by atoms with E-state index in [2.05, 4.69) is 10.2 Å². The van der Waals surface area contributed by atoms with Gasteiger partial charge in [0, 0.05) is 5.39 Å². The van der Waals surface area contributed by atoms with Gasteiger partial charge in [-0.25, -0.2) is 4.79 Å². The number of ether oxygens (including phenoxy) is 1. The first kappa shape index (κ1) is 13.8. The fourth-order valence-electron chi connectivity index (χ4n) is 2.87. The van der Waals surface area contributed by atoms with Crippen LogP contribution in [0.2, 0.25) is 0 Å². The van der Waals surface area contributed by atoms with Crippen LogP contribution < -0.4 is 4.74 Å². The van der Waals surface area contributed by atoms with Crippen LogP contribution in [0.15, 0.2) is 24.3 Å². The summed E-state index contributed by atoms with van der Waals surface area (Å²) in [6, 6.07) is 7.33. The van der Waals surface area contributed by atoms with Crippen LogP contribution in [0.1, 0.15) is 42.6 Å². The third-order valence-corrected chi connectivity index (χ3v) is 4.01. The van der Waals surface area contributed by atoms with Gasteiger partial charge in [-0.3, -0.25) is 0 Å². The van der Waals surface area contributed by atoms with Crippen LogP contribution in [-0.2, 0) is 0 Å². The van der Waals surface area contributed by atoms with E-state index in [1.54, 1.807) is 6.07 Å². The lowest BCUT2D eigenvalue weighted by molar-refractivity contribution is 0.0682. The first-order chi connectivity index (χ1) is 10.3. The van der Waals surface area contributed by atoms with Gasteiger partial charge in [-0.2, -0.15) is 0 Å². The second kappa shape index (κ2) is 6.08. The number of rotatable bonds is 4. The SMILES string of the molecule is O=C(O)c1nnc2ccccc2c1OCC1CCCCC1. The number of aromatic nitrogens is 2. The van der Waals surface area contributed by atoms with E-state index in [1.165, 1.54) is 19.3 Å². The first-order valence-corrected chi connectivity index (χ1v) is 7.37. The van der Waals surface area contributed by atoms with Crippen molar-refractivity contribution < 1.29 is 14.6 Å². The molecular formula is C16H18N2O3. The number of hydrogen-bond donors (Lipinski definition) is 1. The lowest BCUT2D eigenvalue weighted by Crippen LogP contribution is -2.17. The number of carboxylic acids is 1. The van der Waals surface area contributed by atoms with Crippen molar-refractivity contribution in [3.63, 3.8) is 0 Å². The Morgan fingerprint density at radius 1 is 1.19 bits per heavy atom. The van der Waals surface area contributed by atoms with E-state index in [-0.39, 0.29) is 5.69 Å². The molecule has 0 amide bonds. The molecule has 3 rings (SSSR count). The predicted octanol–water partition coefficient (Wildman–Crippen LogP) is 3.29. The molecule has 110 valence electrons. The summed E-state index contributed by atoms with van der Waals surface area (Å²) in [6.07, 6.45) is 6.05. The van der Waals surface area contributed by atoms with Gasteiger partial charge in [-0.15, -0.1) is 10.2 Å². The van der Waals surface area contributed by atoms with Crippen LogP contribution in [0.3, 0.4) is 0 Å². The standard InChI is InChI=1S/C16H18N2O3/c19-16(20)14-15(21-10-11-6-2-1-3-7-11)12-8-4-5-9-13(12)17-18-14/h4-5,8-9,11H,1-3,6-7,10H2,(H,19,20). The normalized spacial score (nSPS) is 16.0. The van der Waals surface area contributed by atoms with Crippen molar-refractivity contribution in [2.24, 2.45) is 5.92 Å². The number of benzene rings is 1. The van der Waals surface area contributed by atoms with Crippen LogP contribution in [0.5, 0.6) is 5.75 Å². The van der Waals surface area contributed by atoms with Crippen molar-refractivity contribution in [3.05, 3.63) is 30.0 Å². The van der Waals surface area contributed by atoms with E-state index in [0.717, 1.165) is 12.8 Å². The van der Waals surface area contributed by atoms with Gasteiger partial charge in [0.2, 0.25) is 5.69 Å². The number of carboxylic acid groups (broad SMARTS) is 1. The van der Waals surface area contributed by atoms with Gasteiger partial charge in [0.05, 0.1) is 12.1 Å². The van der Waals surface area contributed by atoms with Gasteiger partial charge in [0.1, 0.15) is 0 Å². The van der Waals surface area contributed by atoms with Gasteiger partial charge >= 0.3 is 5.97 Å². The minimum absolute atomic E-state index is 0.107. The van der Waals surface area contributed by atoms with Crippen molar-refractivity contribution in [2.45, 2.75) is 32.1 Å². The summed E-state index contributed by atoms with van der Waals surface area (Å²) in [5.41, 5.74) is 0.547. The Kier molecular flexibility index (Phi) is 3.99. The van der Waals surface area contributed by atoms with Gasteiger partial charge in [-0.1, -0.05) is 31.4 Å². The molecule has 0 bridgehead atoms. The zero-order valence-electron chi connectivity index (χ0n) is 11.8. The lowest BCUT2D eigenvalue weighted by atomic mass is 9.90. The summed E-state index contributed by atoms with van der Waals surface area (Å²) in [6.45, 7) is 0.552. The molecular weight excluding hydrogens is 268 g/mol. The highest BCUT2D eigenvalue weighted by Gasteiger charge is 2.20. The summed E-state index contributed by atoms with van der Waals surface area (Å²) in [4.78, 5) is 11.3. The Bertz CT molecular complexity index is 651. The van der Waals surface area contributed by atoms with E-state index >= 15 is 0 Å². The molecule has 1 aromatic carbocycles. The molecule has 0 unspecified atom stereocenters. The Balaban J connectivity index is 1.90. The Labute approximate surface area is 123 Å². The third-order valence-electron chi connectivity index (χ3n) is 4.01. The highest BCUT2D eigenvalue weighted by atomic mass is 16.5. The fourth-order valence-corrected chi connectivity index (χ4v) is 2.87. The summed E-state index contributed by atoms with van der Waals surface area (Å²) in [5.74, 6) is -0.252. The number of fused-ring (bicyclic) bond motifs is 1. The molecule has 0 aliphatic heterocycles. The number of nitrogens with zero attached hydrogens (tertiary/aromatic N) is 2. The van der Waals surface area contributed by atoms with Crippen molar-refractivity contribution in [2.75, 3.05) is 6.61 Å². The minimum Gasteiger partial charge on any atom is -0.490 e. The molecule has 1 aliphatic rings. The fraction of sp³-hybridized carbons (Fsp3) is 0.438. The molecule has 21 heavy (non-hydrogen) atoms. The molecule has 1 saturated carbocycles. The Hall–Kier alpha value is -2.17. The van der Waals surface area contributed by atoms with Gasteiger partial charge < -0.3 is 9.84 Å². The van der Waals surface area contributed by atoms with Gasteiger partial charge in [-0.05, 0) is 30.9 Å². The highest BCUT2D eigenvalue weighted by molar-refractivity contribution is 5.96. The summed E-state index contributed by atoms with van der Waals surface area (Å²) < 4.78 is 5.87. The van der Waals surface area contributed by atoms with Gasteiger partial charge in [0.15, 0.2) is 5.75 Å². The predicted molar refractivity (Wildman–Crippen MR) is 78.6 cm³/mol. The zero-order valence-corrected chi connectivity index (χ0v) is 11.8. The van der Waals surface area contributed by atoms with E-state index in [1.807, 2.05) is 18.2 Å². The van der Waals surface area contributed by atoms with Crippen LogP contribution in [0, 0.1) is 5.92 Å². The molecule has 0 spiro atoms. The minimum atomic E-state index is -1.10. The molecule has 0 saturated heterocycles. The Morgan fingerprint density at radius 3 is 2.71 bits per heavy atom.